The molecule has 0 spiro atoms. The average molecular weight is 291 g/mol. The van der Waals surface area contributed by atoms with Crippen LogP contribution in [0.1, 0.15) is 52.4 Å². The second-order valence-corrected chi connectivity index (χ2v) is 5.41. The maximum absolute atomic E-state index is 12.1. The van der Waals surface area contributed by atoms with E-state index in [0.717, 1.165) is 25.8 Å². The Bertz CT molecular complexity index is 459. The van der Waals surface area contributed by atoms with Gasteiger partial charge < -0.3 is 0 Å². The van der Waals surface area contributed by atoms with Crippen LogP contribution in [0.4, 0.5) is 0 Å². The molecule has 116 valence electrons. The van der Waals surface area contributed by atoms with Crippen molar-refractivity contribution >= 4 is 17.8 Å². The fourth-order valence-electron chi connectivity index (χ4n) is 2.47. The van der Waals surface area contributed by atoms with Crippen molar-refractivity contribution in [1.82, 2.24) is 4.57 Å². The summed E-state index contributed by atoms with van der Waals surface area (Å²) >= 11 is 0. The van der Waals surface area contributed by atoms with Crippen molar-refractivity contribution in [3.8, 4) is 0 Å². The standard InChI is InChI=1S/C17H27N2O2/c1-4-8-16(20)15(17(21)9-5-2)10-7-11-19-13-12-18(6-3)14-19/h6,12-15H,3-5,7-11H2,1-2H3/q+1. The second kappa shape index (κ2) is 9.27. The zero-order valence-corrected chi connectivity index (χ0v) is 13.3. The van der Waals surface area contributed by atoms with E-state index in [0.29, 0.717) is 19.3 Å². The third kappa shape index (κ3) is 5.66. The molecule has 0 aromatic carbocycles. The summed E-state index contributed by atoms with van der Waals surface area (Å²) in [4.78, 5) is 24.2. The highest BCUT2D eigenvalue weighted by molar-refractivity contribution is 6.02. The number of hydrogen-bond donors (Lipinski definition) is 0. The second-order valence-electron chi connectivity index (χ2n) is 5.41. The normalized spacial score (nSPS) is 10.8. The van der Waals surface area contributed by atoms with Gasteiger partial charge in [0, 0.05) is 12.8 Å². The van der Waals surface area contributed by atoms with Crippen molar-refractivity contribution in [3.05, 3.63) is 25.3 Å². The molecule has 4 heteroatoms. The van der Waals surface area contributed by atoms with Crippen LogP contribution < -0.4 is 4.57 Å². The summed E-state index contributed by atoms with van der Waals surface area (Å²) in [5, 5.41) is 0. The van der Waals surface area contributed by atoms with Gasteiger partial charge in [0.25, 0.3) is 0 Å². The third-order valence-electron chi connectivity index (χ3n) is 3.60. The van der Waals surface area contributed by atoms with Gasteiger partial charge in [0.1, 0.15) is 24.0 Å². The monoisotopic (exact) mass is 291 g/mol. The first-order chi connectivity index (χ1) is 10.1. The molecule has 1 heterocycles. The number of aryl methyl sites for hydroxylation is 1. The number of rotatable bonds is 11. The Morgan fingerprint density at radius 2 is 1.86 bits per heavy atom. The van der Waals surface area contributed by atoms with Crippen molar-refractivity contribution in [3.63, 3.8) is 0 Å². The summed E-state index contributed by atoms with van der Waals surface area (Å²) in [7, 11) is 0. The van der Waals surface area contributed by atoms with Gasteiger partial charge in [-0.3, -0.25) is 9.59 Å². The van der Waals surface area contributed by atoms with Crippen LogP contribution in [0.5, 0.6) is 0 Å². The molecule has 4 nitrogen and oxygen atoms in total. The highest BCUT2D eigenvalue weighted by atomic mass is 16.1. The number of carbonyl (C=O) groups excluding carboxylic acids is 2. The lowest BCUT2D eigenvalue weighted by molar-refractivity contribution is -0.696. The minimum Gasteiger partial charge on any atom is -0.299 e. The van der Waals surface area contributed by atoms with E-state index in [1.165, 1.54) is 0 Å². The topological polar surface area (TPSA) is 43.0 Å². The highest BCUT2D eigenvalue weighted by Gasteiger charge is 2.24. The number of hydrogen-bond acceptors (Lipinski definition) is 2. The van der Waals surface area contributed by atoms with Gasteiger partial charge in [-0.05, 0) is 25.7 Å². The number of nitrogens with zero attached hydrogens (tertiary/aromatic N) is 2. The third-order valence-corrected chi connectivity index (χ3v) is 3.60. The van der Waals surface area contributed by atoms with Crippen LogP contribution in [0.3, 0.4) is 0 Å². The van der Waals surface area contributed by atoms with Gasteiger partial charge >= 0.3 is 0 Å². The van der Waals surface area contributed by atoms with Crippen LogP contribution in [0.15, 0.2) is 25.3 Å². The number of aromatic nitrogens is 2. The van der Waals surface area contributed by atoms with Gasteiger partial charge in [0.15, 0.2) is 0 Å². The fourth-order valence-corrected chi connectivity index (χ4v) is 2.47. The lowest BCUT2D eigenvalue weighted by Crippen LogP contribution is -2.32. The first-order valence-electron chi connectivity index (χ1n) is 7.86. The predicted molar refractivity (Wildman–Crippen MR) is 83.6 cm³/mol. The molecule has 0 saturated heterocycles. The van der Waals surface area contributed by atoms with E-state index in [2.05, 4.69) is 6.58 Å². The maximum atomic E-state index is 12.1. The molecule has 1 rings (SSSR count). The quantitative estimate of drug-likeness (QED) is 0.464. The van der Waals surface area contributed by atoms with E-state index in [9.17, 15) is 9.59 Å². The zero-order valence-electron chi connectivity index (χ0n) is 13.3. The first-order valence-corrected chi connectivity index (χ1v) is 7.86. The predicted octanol–water partition coefficient (Wildman–Crippen LogP) is 3.01. The first kappa shape index (κ1) is 17.3. The van der Waals surface area contributed by atoms with Gasteiger partial charge in [0.2, 0.25) is 6.33 Å². The van der Waals surface area contributed by atoms with E-state index in [1.807, 2.05) is 41.7 Å². The molecule has 0 aliphatic heterocycles. The molecular formula is C17H27N2O2+. The van der Waals surface area contributed by atoms with Gasteiger partial charge in [-0.15, -0.1) is 0 Å². The molecule has 0 aliphatic carbocycles. The minimum atomic E-state index is -0.396. The van der Waals surface area contributed by atoms with Gasteiger partial charge in [-0.25, -0.2) is 9.13 Å². The smallest absolute Gasteiger partial charge is 0.248 e. The molecule has 0 aliphatic rings. The molecule has 1 aromatic heterocycles. The molecule has 0 saturated carbocycles. The van der Waals surface area contributed by atoms with Crippen molar-refractivity contribution in [2.75, 3.05) is 0 Å². The van der Waals surface area contributed by atoms with E-state index in [1.54, 1.807) is 6.20 Å². The molecule has 0 fully saturated rings. The maximum Gasteiger partial charge on any atom is 0.248 e. The Labute approximate surface area is 127 Å². The van der Waals surface area contributed by atoms with Crippen LogP contribution in [0, 0.1) is 5.92 Å². The largest absolute Gasteiger partial charge is 0.299 e. The fraction of sp³-hybridized carbons (Fsp3) is 0.588. The SMILES string of the molecule is C=Cn1cc[n+](CCCC(C(=O)CCC)C(=O)CCC)c1. The molecule has 1 aromatic rings. The van der Waals surface area contributed by atoms with Gasteiger partial charge in [-0.2, -0.15) is 0 Å². The molecule has 21 heavy (non-hydrogen) atoms. The molecule has 0 N–H and O–H groups in total. The summed E-state index contributed by atoms with van der Waals surface area (Å²) in [5.74, 6) is -0.166. The molecule has 0 amide bonds. The summed E-state index contributed by atoms with van der Waals surface area (Å²) in [5.41, 5.74) is 0. The number of carbonyl (C=O) groups is 2. The lowest BCUT2D eigenvalue weighted by Gasteiger charge is -2.13. The average Bonchev–Trinajstić information content (AvgIpc) is 2.92. The van der Waals surface area contributed by atoms with E-state index in [4.69, 9.17) is 0 Å². The Morgan fingerprint density at radius 3 is 2.33 bits per heavy atom. The Balaban J connectivity index is 2.53. The Morgan fingerprint density at radius 1 is 1.24 bits per heavy atom. The zero-order chi connectivity index (χ0) is 15.7. The summed E-state index contributed by atoms with van der Waals surface area (Å²) in [6.07, 6.45) is 11.7. The van der Waals surface area contributed by atoms with Crippen LogP contribution in [0.25, 0.3) is 6.20 Å². The van der Waals surface area contributed by atoms with Crippen molar-refractivity contribution in [2.45, 2.75) is 58.9 Å². The Kier molecular flexibility index (Phi) is 7.65. The van der Waals surface area contributed by atoms with E-state index < -0.39 is 5.92 Å². The van der Waals surface area contributed by atoms with Crippen LogP contribution >= 0.6 is 0 Å². The number of imidazole rings is 1. The highest BCUT2D eigenvalue weighted by Crippen LogP contribution is 2.15. The van der Waals surface area contributed by atoms with Crippen molar-refractivity contribution in [2.24, 2.45) is 5.92 Å². The summed E-state index contributed by atoms with van der Waals surface area (Å²) < 4.78 is 3.93. The van der Waals surface area contributed by atoms with Gasteiger partial charge in [-0.1, -0.05) is 20.4 Å². The molecular weight excluding hydrogens is 264 g/mol. The number of Topliss-reactive ketones (excluding diaryl/α,β-unsaturated/α-hetero) is 2. The van der Waals surface area contributed by atoms with Crippen molar-refractivity contribution in [1.29, 1.82) is 0 Å². The summed E-state index contributed by atoms with van der Waals surface area (Å²) in [6, 6.07) is 0. The Hall–Kier alpha value is -1.71. The minimum absolute atomic E-state index is 0.115. The van der Waals surface area contributed by atoms with Crippen LogP contribution in [-0.4, -0.2) is 16.1 Å². The van der Waals surface area contributed by atoms with Crippen LogP contribution in [-0.2, 0) is 16.1 Å². The molecule has 0 atom stereocenters. The van der Waals surface area contributed by atoms with E-state index in [-0.39, 0.29) is 11.6 Å². The summed E-state index contributed by atoms with van der Waals surface area (Å²) in [6.45, 7) is 8.47. The van der Waals surface area contributed by atoms with E-state index >= 15 is 0 Å². The molecule has 0 bridgehead atoms. The lowest BCUT2D eigenvalue weighted by atomic mass is 9.89. The van der Waals surface area contributed by atoms with Gasteiger partial charge in [0.05, 0.1) is 18.7 Å². The number of ketones is 2. The van der Waals surface area contributed by atoms with Crippen LogP contribution in [0.2, 0.25) is 0 Å². The molecule has 0 radical (unpaired) electrons. The van der Waals surface area contributed by atoms with Crippen molar-refractivity contribution < 1.29 is 14.2 Å². The molecule has 0 unspecified atom stereocenters.